The fraction of sp³-hybridized carbons (Fsp3) is 0.385. The molecule has 1 aromatic heterocycles. The van der Waals surface area contributed by atoms with Gasteiger partial charge in [0.1, 0.15) is 0 Å². The van der Waals surface area contributed by atoms with Crippen LogP contribution in [0.5, 0.6) is 0 Å². The molecule has 0 aliphatic rings. The molecule has 21 heavy (non-hydrogen) atoms. The molecule has 2 aromatic rings. The van der Waals surface area contributed by atoms with Crippen molar-refractivity contribution in [2.45, 2.75) is 12.5 Å². The number of methoxy groups -OCH3 is 1. The first-order valence-corrected chi connectivity index (χ1v) is 6.37. The van der Waals surface area contributed by atoms with Crippen molar-refractivity contribution in [1.29, 1.82) is 0 Å². The van der Waals surface area contributed by atoms with Crippen LogP contribution < -0.4 is 10.9 Å². The van der Waals surface area contributed by atoms with Crippen LogP contribution in [0.25, 0.3) is 10.9 Å². The standard InChI is InChI=1S/C13H16N4O4/c1-14-9(6-21-2)3-8-4-11-10(5-12(8)17(19)20)13(18)16-7-15-11/h4-5,7,9,14H,3,6H2,1-2H3,(H,15,16,18). The van der Waals surface area contributed by atoms with Crippen LogP contribution in [0.2, 0.25) is 0 Å². The fourth-order valence-electron chi connectivity index (χ4n) is 2.19. The van der Waals surface area contributed by atoms with Crippen molar-refractivity contribution in [1.82, 2.24) is 15.3 Å². The van der Waals surface area contributed by atoms with E-state index in [2.05, 4.69) is 15.3 Å². The van der Waals surface area contributed by atoms with E-state index in [9.17, 15) is 14.9 Å². The number of aromatic amines is 1. The first-order valence-electron chi connectivity index (χ1n) is 6.37. The van der Waals surface area contributed by atoms with E-state index >= 15 is 0 Å². The van der Waals surface area contributed by atoms with E-state index in [-0.39, 0.29) is 17.1 Å². The van der Waals surface area contributed by atoms with E-state index in [0.29, 0.717) is 24.1 Å². The number of likely N-dealkylation sites (N-methyl/N-ethyl adjacent to an activating group) is 1. The summed E-state index contributed by atoms with van der Waals surface area (Å²) in [7, 11) is 3.33. The number of fused-ring (bicyclic) bond motifs is 1. The fourth-order valence-corrected chi connectivity index (χ4v) is 2.19. The number of nitrogens with one attached hydrogen (secondary N) is 2. The van der Waals surface area contributed by atoms with Gasteiger partial charge in [0.2, 0.25) is 0 Å². The maximum Gasteiger partial charge on any atom is 0.273 e. The van der Waals surface area contributed by atoms with E-state index in [4.69, 9.17) is 4.74 Å². The molecule has 1 heterocycles. The number of aromatic nitrogens is 2. The molecule has 1 unspecified atom stereocenters. The first kappa shape index (κ1) is 15.1. The molecule has 0 bridgehead atoms. The van der Waals surface area contributed by atoms with Gasteiger partial charge in [-0.1, -0.05) is 0 Å². The Kier molecular flexibility index (Phi) is 4.61. The summed E-state index contributed by atoms with van der Waals surface area (Å²) in [6.45, 7) is 0.425. The number of H-pyrrole nitrogens is 1. The highest BCUT2D eigenvalue weighted by Gasteiger charge is 2.19. The van der Waals surface area contributed by atoms with Gasteiger partial charge in [-0.15, -0.1) is 0 Å². The van der Waals surface area contributed by atoms with Gasteiger partial charge in [0.05, 0.1) is 28.8 Å². The Bertz CT molecular complexity index is 713. The molecule has 2 rings (SSSR count). The molecule has 2 N–H and O–H groups in total. The second-order valence-electron chi connectivity index (χ2n) is 4.63. The van der Waals surface area contributed by atoms with Gasteiger partial charge in [0.25, 0.3) is 11.2 Å². The number of nitro groups is 1. The van der Waals surface area contributed by atoms with Crippen LogP contribution in [-0.4, -0.2) is 41.7 Å². The summed E-state index contributed by atoms with van der Waals surface area (Å²) in [6, 6.07) is 2.80. The second kappa shape index (κ2) is 6.42. The number of hydrogen-bond acceptors (Lipinski definition) is 6. The Morgan fingerprint density at radius 3 is 2.90 bits per heavy atom. The summed E-state index contributed by atoms with van der Waals surface area (Å²) in [5.41, 5.74) is 0.475. The van der Waals surface area contributed by atoms with Crippen LogP contribution in [-0.2, 0) is 11.2 Å². The average molecular weight is 292 g/mol. The lowest BCUT2D eigenvalue weighted by atomic mass is 10.0. The molecule has 0 fully saturated rings. The Morgan fingerprint density at radius 2 is 2.29 bits per heavy atom. The minimum atomic E-state index is -0.485. The molecule has 0 saturated heterocycles. The highest BCUT2D eigenvalue weighted by atomic mass is 16.6. The Labute approximate surface area is 120 Å². The van der Waals surface area contributed by atoms with Gasteiger partial charge in [-0.05, 0) is 19.5 Å². The number of rotatable bonds is 6. The number of ether oxygens (including phenoxy) is 1. The first-order chi connectivity index (χ1) is 10.1. The van der Waals surface area contributed by atoms with Crippen molar-refractivity contribution in [2.75, 3.05) is 20.8 Å². The van der Waals surface area contributed by atoms with Crippen LogP contribution in [0.15, 0.2) is 23.3 Å². The molecule has 8 heteroatoms. The number of benzene rings is 1. The zero-order chi connectivity index (χ0) is 15.4. The lowest BCUT2D eigenvalue weighted by Gasteiger charge is -2.15. The molecule has 0 saturated carbocycles. The molecule has 0 amide bonds. The van der Waals surface area contributed by atoms with Gasteiger partial charge in [0.15, 0.2) is 0 Å². The highest BCUT2D eigenvalue weighted by Crippen LogP contribution is 2.24. The molecule has 1 aromatic carbocycles. The van der Waals surface area contributed by atoms with Crippen LogP contribution >= 0.6 is 0 Å². The molecule has 1 atom stereocenters. The molecule has 8 nitrogen and oxygen atoms in total. The normalized spacial score (nSPS) is 12.5. The Hall–Kier alpha value is -2.32. The van der Waals surface area contributed by atoms with Crippen molar-refractivity contribution in [2.24, 2.45) is 0 Å². The monoisotopic (exact) mass is 292 g/mol. The summed E-state index contributed by atoms with van der Waals surface area (Å²) >= 11 is 0. The van der Waals surface area contributed by atoms with Gasteiger partial charge < -0.3 is 15.0 Å². The quantitative estimate of drug-likeness (QED) is 0.596. The van der Waals surface area contributed by atoms with Gasteiger partial charge in [-0.25, -0.2) is 4.98 Å². The lowest BCUT2D eigenvalue weighted by Crippen LogP contribution is -2.32. The molecular formula is C13H16N4O4. The van der Waals surface area contributed by atoms with Crippen molar-refractivity contribution in [3.63, 3.8) is 0 Å². The predicted octanol–water partition coefficient (Wildman–Crippen LogP) is 0.608. The van der Waals surface area contributed by atoms with Crippen molar-refractivity contribution < 1.29 is 9.66 Å². The minimum absolute atomic E-state index is 0.0619. The third-order valence-electron chi connectivity index (χ3n) is 3.28. The van der Waals surface area contributed by atoms with Gasteiger partial charge in [-0.3, -0.25) is 14.9 Å². The maximum absolute atomic E-state index is 11.7. The molecule has 0 aliphatic heterocycles. The zero-order valence-electron chi connectivity index (χ0n) is 11.8. The molecule has 0 spiro atoms. The van der Waals surface area contributed by atoms with Crippen LogP contribution in [0, 0.1) is 10.1 Å². The van der Waals surface area contributed by atoms with E-state index in [1.54, 1.807) is 20.2 Å². The van der Waals surface area contributed by atoms with Crippen molar-refractivity contribution >= 4 is 16.6 Å². The Morgan fingerprint density at radius 1 is 1.52 bits per heavy atom. The van der Waals surface area contributed by atoms with E-state index < -0.39 is 10.5 Å². The van der Waals surface area contributed by atoms with Gasteiger partial charge in [-0.2, -0.15) is 0 Å². The zero-order valence-corrected chi connectivity index (χ0v) is 11.8. The molecular weight excluding hydrogens is 276 g/mol. The smallest absolute Gasteiger partial charge is 0.273 e. The SMILES string of the molecule is CNC(COC)Cc1cc2nc[nH]c(=O)c2cc1[N+](=O)[O-]. The third kappa shape index (κ3) is 3.23. The van der Waals surface area contributed by atoms with Gasteiger partial charge >= 0.3 is 0 Å². The van der Waals surface area contributed by atoms with Gasteiger partial charge in [0, 0.05) is 24.8 Å². The summed E-state index contributed by atoms with van der Waals surface area (Å²) in [5.74, 6) is 0. The van der Waals surface area contributed by atoms with E-state index in [1.165, 1.54) is 12.4 Å². The number of hydrogen-bond donors (Lipinski definition) is 2. The third-order valence-corrected chi connectivity index (χ3v) is 3.28. The summed E-state index contributed by atoms with van der Waals surface area (Å²) in [4.78, 5) is 28.9. The molecule has 0 aliphatic carbocycles. The Balaban J connectivity index is 2.53. The second-order valence-corrected chi connectivity index (χ2v) is 4.63. The van der Waals surface area contributed by atoms with E-state index in [0.717, 1.165) is 0 Å². The maximum atomic E-state index is 11.7. The van der Waals surface area contributed by atoms with E-state index in [1.807, 2.05) is 0 Å². The van der Waals surface area contributed by atoms with Crippen LogP contribution in [0.3, 0.4) is 0 Å². The predicted molar refractivity (Wildman–Crippen MR) is 77.4 cm³/mol. The summed E-state index contributed by atoms with van der Waals surface area (Å²) < 4.78 is 5.07. The lowest BCUT2D eigenvalue weighted by molar-refractivity contribution is -0.385. The average Bonchev–Trinajstić information content (AvgIpc) is 2.46. The highest BCUT2D eigenvalue weighted by molar-refractivity contribution is 5.81. The minimum Gasteiger partial charge on any atom is -0.383 e. The summed E-state index contributed by atoms with van der Waals surface area (Å²) in [5, 5.41) is 14.5. The largest absolute Gasteiger partial charge is 0.383 e. The number of nitro benzene ring substituents is 1. The molecule has 112 valence electrons. The topological polar surface area (TPSA) is 110 Å². The summed E-state index contributed by atoms with van der Waals surface area (Å²) in [6.07, 6.45) is 1.69. The van der Waals surface area contributed by atoms with Crippen molar-refractivity contribution in [3.05, 3.63) is 44.5 Å². The van der Waals surface area contributed by atoms with Crippen LogP contribution in [0.1, 0.15) is 5.56 Å². The molecule has 0 radical (unpaired) electrons. The van der Waals surface area contributed by atoms with Crippen LogP contribution in [0.4, 0.5) is 5.69 Å². The number of nitrogens with zero attached hydrogens (tertiary/aromatic N) is 2. The van der Waals surface area contributed by atoms with Crippen molar-refractivity contribution in [3.8, 4) is 0 Å².